The molecule has 1 aromatic carbocycles. The van der Waals surface area contributed by atoms with Crippen molar-refractivity contribution >= 4 is 11.8 Å². The predicted molar refractivity (Wildman–Crippen MR) is 63.8 cm³/mol. The van der Waals surface area contributed by atoms with Crippen molar-refractivity contribution in [3.8, 4) is 5.75 Å². The van der Waals surface area contributed by atoms with Crippen molar-refractivity contribution in [1.82, 2.24) is 4.90 Å². The van der Waals surface area contributed by atoms with E-state index in [1.807, 2.05) is 12.1 Å². The number of imide groups is 1. The zero-order chi connectivity index (χ0) is 13.1. The molecule has 1 N–H and O–H groups in total. The summed E-state index contributed by atoms with van der Waals surface area (Å²) in [5, 5.41) is 9.32. The average Bonchev–Trinajstić information content (AvgIpc) is 2.34. The van der Waals surface area contributed by atoms with Crippen LogP contribution in [0.25, 0.3) is 0 Å². The quantitative estimate of drug-likeness (QED) is 0.801. The lowest BCUT2D eigenvalue weighted by Crippen LogP contribution is -2.44. The summed E-state index contributed by atoms with van der Waals surface area (Å²) in [5.41, 5.74) is 0.855. The Kier molecular flexibility index (Phi) is 3.62. The van der Waals surface area contributed by atoms with Gasteiger partial charge in [-0.25, -0.2) is 0 Å². The molecule has 0 atom stereocenters. The number of carbonyl (C=O) groups is 2. The Bertz CT molecular complexity index is 437. The molecule has 18 heavy (non-hydrogen) atoms. The summed E-state index contributed by atoms with van der Waals surface area (Å²) in [6.07, 6.45) is -0.804. The highest BCUT2D eigenvalue weighted by molar-refractivity contribution is 5.98. The van der Waals surface area contributed by atoms with E-state index in [4.69, 9.17) is 4.74 Å². The Balaban J connectivity index is 2.07. The third kappa shape index (κ3) is 2.68. The van der Waals surface area contributed by atoms with Crippen molar-refractivity contribution in [3.05, 3.63) is 29.8 Å². The fourth-order valence-electron chi connectivity index (χ4n) is 1.92. The first-order chi connectivity index (χ1) is 8.60. The number of benzene rings is 1. The minimum atomic E-state index is -0.836. The molecule has 1 aliphatic heterocycles. The van der Waals surface area contributed by atoms with E-state index in [0.29, 0.717) is 0 Å². The first-order valence-electron chi connectivity index (χ1n) is 5.74. The second-order valence-corrected chi connectivity index (χ2v) is 4.28. The Labute approximate surface area is 105 Å². The Hall–Kier alpha value is -1.88. The van der Waals surface area contributed by atoms with E-state index in [9.17, 15) is 14.7 Å². The zero-order valence-electron chi connectivity index (χ0n) is 10.1. The van der Waals surface area contributed by atoms with Crippen molar-refractivity contribution in [1.29, 1.82) is 0 Å². The van der Waals surface area contributed by atoms with Crippen LogP contribution in [0, 0.1) is 0 Å². The molecule has 96 valence electrons. The third-order valence-corrected chi connectivity index (χ3v) is 2.92. The summed E-state index contributed by atoms with van der Waals surface area (Å²) >= 11 is 0. The molecule has 0 radical (unpaired) electrons. The van der Waals surface area contributed by atoms with Gasteiger partial charge in [-0.15, -0.1) is 0 Å². The molecule has 1 heterocycles. The van der Waals surface area contributed by atoms with Crippen molar-refractivity contribution in [2.75, 3.05) is 7.11 Å². The van der Waals surface area contributed by atoms with Crippen LogP contribution in [0.15, 0.2) is 24.3 Å². The van der Waals surface area contributed by atoms with E-state index in [1.165, 1.54) is 4.90 Å². The van der Waals surface area contributed by atoms with Crippen molar-refractivity contribution in [2.24, 2.45) is 0 Å². The van der Waals surface area contributed by atoms with Gasteiger partial charge in [0.2, 0.25) is 11.8 Å². The molecule has 0 aromatic heterocycles. The summed E-state index contributed by atoms with van der Waals surface area (Å²) in [5.74, 6) is 0.0783. The number of aliphatic hydroxyl groups is 1. The van der Waals surface area contributed by atoms with Crippen LogP contribution in [0.3, 0.4) is 0 Å². The molecular weight excluding hydrogens is 234 g/mol. The number of aliphatic hydroxyl groups excluding tert-OH is 1. The fourth-order valence-corrected chi connectivity index (χ4v) is 1.92. The standard InChI is InChI=1S/C13H15NO4/c1-18-11-4-2-9(3-5-11)8-14-12(16)6-10(15)7-13(14)17/h2-5,10,15H,6-8H2,1H3. The Morgan fingerprint density at radius 3 is 2.28 bits per heavy atom. The molecule has 0 spiro atoms. The molecule has 0 saturated carbocycles. The maximum Gasteiger partial charge on any atom is 0.232 e. The summed E-state index contributed by atoms with van der Waals surface area (Å²) in [4.78, 5) is 24.5. The highest BCUT2D eigenvalue weighted by Gasteiger charge is 2.31. The van der Waals surface area contributed by atoms with Crippen molar-refractivity contribution < 1.29 is 19.4 Å². The molecule has 1 saturated heterocycles. The van der Waals surface area contributed by atoms with Crippen LogP contribution >= 0.6 is 0 Å². The summed E-state index contributed by atoms with van der Waals surface area (Å²) in [6.45, 7) is 0.244. The Morgan fingerprint density at radius 2 is 1.78 bits per heavy atom. The SMILES string of the molecule is COc1ccc(CN2C(=O)CC(O)CC2=O)cc1. The molecule has 0 bridgehead atoms. The molecule has 0 aliphatic carbocycles. The molecule has 5 heteroatoms. The normalized spacial score (nSPS) is 17.1. The van der Waals surface area contributed by atoms with E-state index in [0.717, 1.165) is 11.3 Å². The molecule has 1 fully saturated rings. The van der Waals surface area contributed by atoms with Gasteiger partial charge in [-0.1, -0.05) is 12.1 Å². The maximum atomic E-state index is 11.7. The molecule has 1 aromatic rings. The molecular formula is C13H15NO4. The number of ether oxygens (including phenoxy) is 1. The van der Waals surface area contributed by atoms with Crippen LogP contribution in [0.5, 0.6) is 5.75 Å². The number of hydrogen-bond acceptors (Lipinski definition) is 4. The molecule has 5 nitrogen and oxygen atoms in total. The number of amides is 2. The van der Waals surface area contributed by atoms with Crippen molar-refractivity contribution in [2.45, 2.75) is 25.5 Å². The van der Waals surface area contributed by atoms with Gasteiger partial charge in [0.15, 0.2) is 0 Å². The maximum absolute atomic E-state index is 11.7. The van der Waals surface area contributed by atoms with E-state index in [-0.39, 0.29) is 31.2 Å². The van der Waals surface area contributed by atoms with Crippen molar-refractivity contribution in [3.63, 3.8) is 0 Å². The number of rotatable bonds is 3. The van der Waals surface area contributed by atoms with E-state index in [2.05, 4.69) is 0 Å². The average molecular weight is 249 g/mol. The van der Waals surface area contributed by atoms with Gasteiger partial charge in [-0.05, 0) is 17.7 Å². The van der Waals surface area contributed by atoms with Gasteiger partial charge in [-0.3, -0.25) is 14.5 Å². The summed E-state index contributed by atoms with van der Waals surface area (Å²) in [7, 11) is 1.58. The number of hydrogen-bond donors (Lipinski definition) is 1. The highest BCUT2D eigenvalue weighted by atomic mass is 16.5. The fraction of sp³-hybridized carbons (Fsp3) is 0.385. The van der Waals surface area contributed by atoms with Crippen LogP contribution in [0.1, 0.15) is 18.4 Å². The van der Waals surface area contributed by atoms with Gasteiger partial charge in [0.1, 0.15) is 5.75 Å². The third-order valence-electron chi connectivity index (χ3n) is 2.92. The lowest BCUT2D eigenvalue weighted by atomic mass is 10.1. The second kappa shape index (κ2) is 5.18. The number of methoxy groups -OCH3 is 1. The van der Waals surface area contributed by atoms with Crippen LogP contribution in [0.2, 0.25) is 0 Å². The molecule has 0 unspecified atom stereocenters. The van der Waals surface area contributed by atoms with Gasteiger partial charge in [0.25, 0.3) is 0 Å². The molecule has 1 aliphatic rings. The predicted octanol–water partition coefficient (Wildman–Crippen LogP) is 0.705. The van der Waals surface area contributed by atoms with Crippen LogP contribution in [0.4, 0.5) is 0 Å². The van der Waals surface area contributed by atoms with E-state index < -0.39 is 6.10 Å². The zero-order valence-corrected chi connectivity index (χ0v) is 10.1. The van der Waals surface area contributed by atoms with Crippen LogP contribution in [-0.4, -0.2) is 35.0 Å². The van der Waals surface area contributed by atoms with Crippen LogP contribution < -0.4 is 4.74 Å². The second-order valence-electron chi connectivity index (χ2n) is 4.28. The summed E-state index contributed by atoms with van der Waals surface area (Å²) < 4.78 is 5.03. The monoisotopic (exact) mass is 249 g/mol. The van der Waals surface area contributed by atoms with Gasteiger partial charge in [-0.2, -0.15) is 0 Å². The smallest absolute Gasteiger partial charge is 0.232 e. The van der Waals surface area contributed by atoms with Crippen LogP contribution in [-0.2, 0) is 16.1 Å². The van der Waals surface area contributed by atoms with E-state index >= 15 is 0 Å². The van der Waals surface area contributed by atoms with Gasteiger partial charge in [0.05, 0.1) is 32.6 Å². The van der Waals surface area contributed by atoms with Gasteiger partial charge in [0, 0.05) is 0 Å². The Morgan fingerprint density at radius 1 is 1.22 bits per heavy atom. The number of carbonyl (C=O) groups excluding carboxylic acids is 2. The minimum Gasteiger partial charge on any atom is -0.497 e. The van der Waals surface area contributed by atoms with E-state index in [1.54, 1.807) is 19.2 Å². The first kappa shape index (κ1) is 12.6. The molecule has 2 amide bonds. The minimum absolute atomic E-state index is 0.0158. The number of nitrogens with zero attached hydrogens (tertiary/aromatic N) is 1. The highest BCUT2D eigenvalue weighted by Crippen LogP contribution is 2.18. The lowest BCUT2D eigenvalue weighted by Gasteiger charge is -2.27. The largest absolute Gasteiger partial charge is 0.497 e. The topological polar surface area (TPSA) is 66.8 Å². The molecule has 2 rings (SSSR count). The first-order valence-corrected chi connectivity index (χ1v) is 5.74. The lowest BCUT2D eigenvalue weighted by molar-refractivity contribution is -0.152. The summed E-state index contributed by atoms with van der Waals surface area (Å²) in [6, 6.07) is 7.18. The van der Waals surface area contributed by atoms with Gasteiger partial charge < -0.3 is 9.84 Å². The van der Waals surface area contributed by atoms with Gasteiger partial charge >= 0.3 is 0 Å². The number of piperidine rings is 1. The number of likely N-dealkylation sites (tertiary alicyclic amines) is 1.